The minimum absolute atomic E-state index is 0.114. The van der Waals surface area contributed by atoms with Crippen molar-refractivity contribution in [2.24, 2.45) is 0 Å². The number of ether oxygens (including phenoxy) is 1. The molecule has 1 aromatic carbocycles. The molecule has 0 aliphatic rings. The summed E-state index contributed by atoms with van der Waals surface area (Å²) < 4.78 is 19.6. The first-order chi connectivity index (χ1) is 13.3. The van der Waals surface area contributed by atoms with E-state index >= 15 is 0 Å². The average molecular weight is 429 g/mol. The van der Waals surface area contributed by atoms with Crippen molar-refractivity contribution in [2.45, 2.75) is 64.0 Å². The second-order valence-electron chi connectivity index (χ2n) is 6.69. The molecule has 0 bridgehead atoms. The molecule has 1 rings (SSSR count). The van der Waals surface area contributed by atoms with Gasteiger partial charge >= 0.3 is 5.97 Å². The summed E-state index contributed by atoms with van der Waals surface area (Å²) in [5.74, 6) is 0.210. The number of nitrogens with zero attached hydrogens (tertiary/aromatic N) is 1. The molecule has 2 unspecified atom stereocenters. The zero-order valence-electron chi connectivity index (χ0n) is 17.3. The number of carbonyl (C=O) groups is 2. The van der Waals surface area contributed by atoms with E-state index < -0.39 is 6.65 Å². The number of unbranched alkanes of at least 4 members (excludes halogenated alkanes) is 3. The first kappa shape index (κ1) is 24.7. The van der Waals surface area contributed by atoms with Crippen molar-refractivity contribution in [3.05, 3.63) is 30.3 Å². The molecule has 28 heavy (non-hydrogen) atoms. The molecule has 0 saturated heterocycles. The summed E-state index contributed by atoms with van der Waals surface area (Å²) >= 11 is 1.33. The Morgan fingerprint density at radius 3 is 2.32 bits per heavy atom. The third kappa shape index (κ3) is 8.80. The molecule has 2 atom stereocenters. The van der Waals surface area contributed by atoms with E-state index in [1.165, 1.54) is 16.1 Å². The van der Waals surface area contributed by atoms with Crippen LogP contribution in [0.2, 0.25) is 0 Å². The van der Waals surface area contributed by atoms with Crippen LogP contribution in [0.3, 0.4) is 0 Å². The molecule has 0 radical (unpaired) electrons. The third-order valence-electron chi connectivity index (χ3n) is 4.43. The highest BCUT2D eigenvalue weighted by Crippen LogP contribution is 2.59. The molecule has 158 valence electrons. The summed E-state index contributed by atoms with van der Waals surface area (Å²) in [5, 5.41) is 3.05. The molecule has 1 N–H and O–H groups in total. The normalized spacial score (nSPS) is 14.1. The highest BCUT2D eigenvalue weighted by molar-refractivity contribution is 8.57. The van der Waals surface area contributed by atoms with Crippen molar-refractivity contribution in [1.82, 2.24) is 9.76 Å². The van der Waals surface area contributed by atoms with Crippen LogP contribution < -0.4 is 9.82 Å². The van der Waals surface area contributed by atoms with Crippen molar-refractivity contribution in [2.75, 3.05) is 14.1 Å². The number of hydrogen-bond donors (Lipinski definition) is 1. The fourth-order valence-electron chi connectivity index (χ4n) is 2.47. The molecular formula is C20H33N2O4PS. The average Bonchev–Trinajstić information content (AvgIpc) is 2.70. The summed E-state index contributed by atoms with van der Waals surface area (Å²) in [4.78, 5) is 24.2. The zero-order valence-corrected chi connectivity index (χ0v) is 19.1. The Balaban J connectivity index is 2.25. The highest BCUT2D eigenvalue weighted by Gasteiger charge is 2.31. The summed E-state index contributed by atoms with van der Waals surface area (Å²) in [6, 6.07) is 9.03. The highest BCUT2D eigenvalue weighted by atomic mass is 32.7. The largest absolute Gasteiger partial charge is 0.427 e. The molecule has 1 amide bonds. The van der Waals surface area contributed by atoms with Crippen molar-refractivity contribution in [1.29, 1.82) is 0 Å². The van der Waals surface area contributed by atoms with Crippen LogP contribution in [0.4, 0.5) is 0 Å². The van der Waals surface area contributed by atoms with Crippen LogP contribution in [-0.2, 0) is 14.2 Å². The minimum atomic E-state index is -2.94. The predicted octanol–water partition coefficient (Wildman–Crippen LogP) is 5.25. The first-order valence-electron chi connectivity index (χ1n) is 9.82. The summed E-state index contributed by atoms with van der Waals surface area (Å²) in [7, 11) is 3.24. The maximum Gasteiger partial charge on any atom is 0.311 e. The Kier molecular flexibility index (Phi) is 11.5. The third-order valence-corrected chi connectivity index (χ3v) is 10.2. The van der Waals surface area contributed by atoms with Gasteiger partial charge in [0.15, 0.2) is 0 Å². The standard InChI is InChI=1S/C20H33N2O4PS/c1-5-17(2)28-27(25,21-3)22(4)19(23)15-11-6-7-12-16-20(24)26-18-13-9-8-10-14-18/h8-10,13-14,17H,5-7,11-12,15-16H2,1-4H3,(H,21,25). The van der Waals surface area contributed by atoms with E-state index in [0.29, 0.717) is 25.0 Å². The Morgan fingerprint density at radius 1 is 1.14 bits per heavy atom. The van der Waals surface area contributed by atoms with E-state index in [-0.39, 0.29) is 17.1 Å². The number of rotatable bonds is 13. The zero-order chi connectivity index (χ0) is 21.0. The topological polar surface area (TPSA) is 75.7 Å². The number of para-hydroxylation sites is 1. The van der Waals surface area contributed by atoms with Gasteiger partial charge in [0.25, 0.3) is 6.65 Å². The molecule has 0 spiro atoms. The Labute approximate surface area is 173 Å². The van der Waals surface area contributed by atoms with Gasteiger partial charge in [-0.25, -0.2) is 5.09 Å². The molecule has 0 aliphatic heterocycles. The van der Waals surface area contributed by atoms with Crippen LogP contribution >= 0.6 is 18.0 Å². The second kappa shape index (κ2) is 13.0. The van der Waals surface area contributed by atoms with Gasteiger partial charge in [-0.2, -0.15) is 0 Å². The lowest BCUT2D eigenvalue weighted by molar-refractivity contribution is -0.134. The first-order valence-corrected chi connectivity index (χ1v) is 13.0. The van der Waals surface area contributed by atoms with E-state index in [9.17, 15) is 14.2 Å². The maximum atomic E-state index is 13.0. The van der Waals surface area contributed by atoms with Crippen LogP contribution in [0.15, 0.2) is 30.3 Å². The Bertz CT molecular complexity index is 657. The lowest BCUT2D eigenvalue weighted by Gasteiger charge is -2.28. The number of esters is 1. The second-order valence-corrected chi connectivity index (χ2v) is 11.9. The minimum Gasteiger partial charge on any atom is -0.427 e. The van der Waals surface area contributed by atoms with Gasteiger partial charge in [-0.05, 0) is 38.4 Å². The van der Waals surface area contributed by atoms with E-state index in [1.807, 2.05) is 32.0 Å². The van der Waals surface area contributed by atoms with Crippen molar-refractivity contribution in [3.8, 4) is 5.75 Å². The molecule has 0 aromatic heterocycles. The molecule has 1 aromatic rings. The lowest BCUT2D eigenvalue weighted by Crippen LogP contribution is -2.28. The van der Waals surface area contributed by atoms with Gasteiger partial charge in [0.1, 0.15) is 5.75 Å². The van der Waals surface area contributed by atoms with Crippen LogP contribution in [-0.4, -0.2) is 35.9 Å². The molecule has 0 saturated carbocycles. The number of nitrogens with one attached hydrogen (secondary N) is 1. The maximum absolute atomic E-state index is 13.0. The number of carbonyl (C=O) groups excluding carboxylic acids is 2. The van der Waals surface area contributed by atoms with Gasteiger partial charge in [-0.1, -0.05) is 56.3 Å². The predicted molar refractivity (Wildman–Crippen MR) is 117 cm³/mol. The summed E-state index contributed by atoms with van der Waals surface area (Å²) in [6.07, 6.45) is 4.77. The molecule has 0 aliphatic carbocycles. The van der Waals surface area contributed by atoms with Gasteiger partial charge < -0.3 is 4.74 Å². The number of benzene rings is 1. The van der Waals surface area contributed by atoms with E-state index in [4.69, 9.17) is 4.74 Å². The summed E-state index contributed by atoms with van der Waals surface area (Å²) in [5.41, 5.74) is 0. The smallest absolute Gasteiger partial charge is 0.311 e. The van der Waals surface area contributed by atoms with Crippen molar-refractivity contribution >= 4 is 29.9 Å². The summed E-state index contributed by atoms with van der Waals surface area (Å²) in [6.45, 7) is 1.11. The van der Waals surface area contributed by atoms with E-state index in [1.54, 1.807) is 26.2 Å². The fraction of sp³-hybridized carbons (Fsp3) is 0.600. The van der Waals surface area contributed by atoms with Gasteiger partial charge in [0.05, 0.1) is 0 Å². The molecule has 8 heteroatoms. The van der Waals surface area contributed by atoms with E-state index in [2.05, 4.69) is 5.09 Å². The molecule has 0 heterocycles. The van der Waals surface area contributed by atoms with Crippen LogP contribution in [0.5, 0.6) is 5.75 Å². The fourth-order valence-corrected chi connectivity index (χ4v) is 6.97. The number of hydrogen-bond acceptors (Lipinski definition) is 5. The molecule has 0 fully saturated rings. The quantitative estimate of drug-likeness (QED) is 0.200. The van der Waals surface area contributed by atoms with Gasteiger partial charge in [0.2, 0.25) is 5.91 Å². The van der Waals surface area contributed by atoms with E-state index in [0.717, 1.165) is 25.7 Å². The van der Waals surface area contributed by atoms with Gasteiger partial charge in [-0.15, -0.1) is 0 Å². The monoisotopic (exact) mass is 428 g/mol. The van der Waals surface area contributed by atoms with Gasteiger partial charge in [0, 0.05) is 25.1 Å². The van der Waals surface area contributed by atoms with Crippen LogP contribution in [0.1, 0.15) is 58.8 Å². The van der Waals surface area contributed by atoms with Gasteiger partial charge in [-0.3, -0.25) is 18.8 Å². The van der Waals surface area contributed by atoms with Crippen LogP contribution in [0.25, 0.3) is 0 Å². The Morgan fingerprint density at radius 2 is 1.75 bits per heavy atom. The SMILES string of the molecule is CCC(C)SP(=O)(NC)N(C)C(=O)CCCCCCC(=O)Oc1ccccc1. The van der Waals surface area contributed by atoms with Crippen LogP contribution in [0, 0.1) is 0 Å². The Hall–Kier alpha value is -1.30. The molecular weight excluding hydrogens is 395 g/mol. The molecule has 6 nitrogen and oxygen atoms in total. The number of amides is 1. The lowest BCUT2D eigenvalue weighted by atomic mass is 10.1. The van der Waals surface area contributed by atoms with Crippen molar-refractivity contribution in [3.63, 3.8) is 0 Å². The van der Waals surface area contributed by atoms with Crippen molar-refractivity contribution < 1.29 is 18.9 Å².